The van der Waals surface area contributed by atoms with Crippen molar-refractivity contribution in [2.75, 3.05) is 12.4 Å². The Morgan fingerprint density at radius 2 is 1.82 bits per heavy atom. The summed E-state index contributed by atoms with van der Waals surface area (Å²) in [6.45, 7) is 0. The van der Waals surface area contributed by atoms with E-state index in [-0.39, 0.29) is 12.1 Å². The van der Waals surface area contributed by atoms with Crippen LogP contribution < -0.4 is 22.0 Å². The van der Waals surface area contributed by atoms with Gasteiger partial charge in [-0.2, -0.15) is 5.10 Å². The fourth-order valence-corrected chi connectivity index (χ4v) is 3.29. The van der Waals surface area contributed by atoms with Gasteiger partial charge in [-0.3, -0.25) is 14.4 Å². The maximum atomic E-state index is 13.0. The molecule has 176 valence electrons. The van der Waals surface area contributed by atoms with Crippen LogP contribution in [0, 0.1) is 5.92 Å². The molecule has 3 rings (SSSR count). The molecule has 0 spiro atoms. The van der Waals surface area contributed by atoms with Crippen molar-refractivity contribution in [1.82, 2.24) is 15.4 Å². The van der Waals surface area contributed by atoms with Gasteiger partial charge < -0.3 is 20.8 Å². The standard InChI is InChI=1S/C21H18Cl2N6O5/c1-34-20(32)13(9-16-18(30)27-15-8-11(23)4-7-14(15)26-16)17(28-29-21(24)33)19(31)25-12-5-2-10(22)3-6-12/h2-8,13H,9H2,1H3,(H,25,31)(H,27,30)(H3,24,29,33)/b28-17-. The molecule has 13 heteroatoms. The second-order valence-corrected chi connectivity index (χ2v) is 7.76. The summed E-state index contributed by atoms with van der Waals surface area (Å²) >= 11 is 11.8. The van der Waals surface area contributed by atoms with Crippen LogP contribution in [0.5, 0.6) is 0 Å². The summed E-state index contributed by atoms with van der Waals surface area (Å²) in [6.07, 6.45) is -0.367. The van der Waals surface area contributed by atoms with Crippen LogP contribution in [0.4, 0.5) is 10.5 Å². The van der Waals surface area contributed by atoms with Crippen molar-refractivity contribution in [2.24, 2.45) is 16.8 Å². The molecule has 0 aliphatic carbocycles. The highest BCUT2D eigenvalue weighted by atomic mass is 35.5. The molecule has 1 unspecified atom stereocenters. The molecule has 0 radical (unpaired) electrons. The maximum Gasteiger partial charge on any atom is 0.332 e. The summed E-state index contributed by atoms with van der Waals surface area (Å²) in [5.74, 6) is -3.16. The van der Waals surface area contributed by atoms with Crippen molar-refractivity contribution in [3.63, 3.8) is 0 Å². The number of nitrogens with two attached hydrogens (primary N) is 1. The van der Waals surface area contributed by atoms with E-state index < -0.39 is 35.1 Å². The number of ether oxygens (including phenoxy) is 1. The van der Waals surface area contributed by atoms with Crippen LogP contribution in [0.15, 0.2) is 52.4 Å². The number of fused-ring (bicyclic) bond motifs is 1. The normalized spacial score (nSPS) is 12.1. The Labute approximate surface area is 202 Å². The third-order valence-corrected chi connectivity index (χ3v) is 5.05. The van der Waals surface area contributed by atoms with Gasteiger partial charge in [-0.05, 0) is 42.5 Å². The van der Waals surface area contributed by atoms with Crippen molar-refractivity contribution in [3.8, 4) is 0 Å². The quantitative estimate of drug-likeness (QED) is 0.218. The molecular formula is C21H18Cl2N6O5. The fraction of sp³-hybridized carbons (Fsp3) is 0.143. The number of H-pyrrole nitrogens is 1. The predicted molar refractivity (Wildman–Crippen MR) is 127 cm³/mol. The SMILES string of the molecule is COC(=O)C(Cc1nc2ccc(Cl)cc2[nH]c1=O)/C(=N/NC(N)=O)C(=O)Nc1ccc(Cl)cc1. The molecule has 5 N–H and O–H groups in total. The van der Waals surface area contributed by atoms with Crippen molar-refractivity contribution in [3.05, 3.63) is 68.6 Å². The van der Waals surface area contributed by atoms with Crippen molar-refractivity contribution in [2.45, 2.75) is 6.42 Å². The topological polar surface area (TPSA) is 169 Å². The number of hydrazone groups is 1. The Balaban J connectivity index is 2.01. The van der Waals surface area contributed by atoms with Crippen LogP contribution >= 0.6 is 23.2 Å². The molecule has 0 saturated heterocycles. The smallest absolute Gasteiger partial charge is 0.332 e. The summed E-state index contributed by atoms with van der Waals surface area (Å²) in [5, 5.41) is 7.08. The predicted octanol–water partition coefficient (Wildman–Crippen LogP) is 2.22. The number of hydrogen-bond acceptors (Lipinski definition) is 7. The molecule has 11 nitrogen and oxygen atoms in total. The number of rotatable bonds is 7. The van der Waals surface area contributed by atoms with Crippen molar-refractivity contribution < 1.29 is 19.1 Å². The largest absolute Gasteiger partial charge is 0.468 e. The molecule has 3 aromatic rings. The number of nitrogens with one attached hydrogen (secondary N) is 3. The number of nitrogens with zero attached hydrogens (tertiary/aromatic N) is 2. The Hall–Kier alpha value is -3.96. The number of urea groups is 1. The summed E-state index contributed by atoms with van der Waals surface area (Å²) < 4.78 is 4.81. The van der Waals surface area contributed by atoms with Gasteiger partial charge in [0.25, 0.3) is 11.5 Å². The summed E-state index contributed by atoms with van der Waals surface area (Å²) in [5.41, 5.74) is 7.00. The molecule has 2 aromatic carbocycles. The van der Waals surface area contributed by atoms with Crippen molar-refractivity contribution >= 4 is 63.5 Å². The molecule has 0 aliphatic rings. The number of anilines is 1. The first-order chi connectivity index (χ1) is 16.2. The number of halogens is 2. The number of hydrogen-bond donors (Lipinski definition) is 4. The number of benzene rings is 2. The van der Waals surface area contributed by atoms with Crippen LogP contribution in [0.25, 0.3) is 11.0 Å². The molecule has 0 fully saturated rings. The Morgan fingerprint density at radius 1 is 1.15 bits per heavy atom. The van der Waals surface area contributed by atoms with E-state index in [1.165, 1.54) is 30.3 Å². The van der Waals surface area contributed by atoms with Gasteiger partial charge in [0.2, 0.25) is 0 Å². The number of primary amides is 1. The number of amides is 3. The van der Waals surface area contributed by atoms with Crippen LogP contribution in [0.1, 0.15) is 5.69 Å². The minimum Gasteiger partial charge on any atom is -0.468 e. The lowest BCUT2D eigenvalue weighted by Crippen LogP contribution is -2.40. The van der Waals surface area contributed by atoms with Crippen LogP contribution in [-0.4, -0.2) is 40.7 Å². The van der Waals surface area contributed by atoms with Gasteiger partial charge in [-0.25, -0.2) is 15.2 Å². The molecule has 0 aliphatic heterocycles. The third-order valence-electron chi connectivity index (χ3n) is 4.56. The number of carbonyl (C=O) groups is 3. The first kappa shape index (κ1) is 24.7. The zero-order valence-corrected chi connectivity index (χ0v) is 19.1. The molecule has 1 aromatic heterocycles. The maximum absolute atomic E-state index is 13.0. The van der Waals surface area contributed by atoms with Gasteiger partial charge in [0, 0.05) is 22.2 Å². The first-order valence-corrected chi connectivity index (χ1v) is 10.4. The Morgan fingerprint density at radius 3 is 2.47 bits per heavy atom. The number of carbonyl (C=O) groups excluding carboxylic acids is 3. The lowest BCUT2D eigenvalue weighted by molar-refractivity contribution is -0.143. The summed E-state index contributed by atoms with van der Waals surface area (Å²) in [6, 6.07) is 9.74. The monoisotopic (exact) mass is 504 g/mol. The Kier molecular flexibility index (Phi) is 7.82. The van der Waals surface area contributed by atoms with Gasteiger partial charge in [-0.1, -0.05) is 23.2 Å². The molecule has 3 amide bonds. The van der Waals surface area contributed by atoms with Gasteiger partial charge in [0.1, 0.15) is 17.3 Å². The van der Waals surface area contributed by atoms with E-state index in [0.717, 1.165) is 7.11 Å². The lowest BCUT2D eigenvalue weighted by Gasteiger charge is -2.17. The second-order valence-electron chi connectivity index (χ2n) is 6.89. The van der Waals surface area contributed by atoms with Crippen molar-refractivity contribution in [1.29, 1.82) is 0 Å². The number of methoxy groups -OCH3 is 1. The van der Waals surface area contributed by atoms with Crippen LogP contribution in [0.2, 0.25) is 10.0 Å². The molecular weight excluding hydrogens is 487 g/mol. The minimum atomic E-state index is -1.41. The zero-order valence-electron chi connectivity index (χ0n) is 17.6. The fourth-order valence-electron chi connectivity index (χ4n) is 2.99. The van der Waals surface area contributed by atoms with Gasteiger partial charge in [0.05, 0.1) is 18.1 Å². The highest BCUT2D eigenvalue weighted by Gasteiger charge is 2.33. The minimum absolute atomic E-state index is 0.0729. The van der Waals surface area contributed by atoms with E-state index in [1.807, 2.05) is 5.43 Å². The molecule has 34 heavy (non-hydrogen) atoms. The number of esters is 1. The second kappa shape index (κ2) is 10.8. The lowest BCUT2D eigenvalue weighted by atomic mass is 9.96. The first-order valence-electron chi connectivity index (χ1n) is 9.64. The average molecular weight is 505 g/mol. The van der Waals surface area contributed by atoms with Crippen LogP contribution in [-0.2, 0) is 20.7 Å². The van der Waals surface area contributed by atoms with E-state index in [2.05, 4.69) is 20.4 Å². The highest BCUT2D eigenvalue weighted by Crippen LogP contribution is 2.18. The van der Waals surface area contributed by atoms with Gasteiger partial charge in [0.15, 0.2) is 0 Å². The number of aromatic amines is 1. The van der Waals surface area contributed by atoms with E-state index in [9.17, 15) is 19.2 Å². The summed E-state index contributed by atoms with van der Waals surface area (Å²) in [4.78, 5) is 56.4. The van der Waals surface area contributed by atoms with E-state index in [1.54, 1.807) is 12.1 Å². The average Bonchev–Trinajstić information content (AvgIpc) is 2.79. The third kappa shape index (κ3) is 6.09. The van der Waals surface area contributed by atoms with E-state index >= 15 is 0 Å². The molecule has 1 heterocycles. The zero-order chi connectivity index (χ0) is 24.8. The molecule has 1 atom stereocenters. The van der Waals surface area contributed by atoms with Gasteiger partial charge in [-0.15, -0.1) is 0 Å². The number of aromatic nitrogens is 2. The molecule has 0 saturated carbocycles. The summed E-state index contributed by atoms with van der Waals surface area (Å²) in [7, 11) is 1.10. The van der Waals surface area contributed by atoms with E-state index in [4.69, 9.17) is 33.7 Å². The van der Waals surface area contributed by atoms with E-state index in [0.29, 0.717) is 26.8 Å². The highest BCUT2D eigenvalue weighted by molar-refractivity contribution is 6.46. The van der Waals surface area contributed by atoms with Crippen LogP contribution in [0.3, 0.4) is 0 Å². The Bertz CT molecular complexity index is 1340. The molecule has 0 bridgehead atoms. The van der Waals surface area contributed by atoms with Gasteiger partial charge >= 0.3 is 12.0 Å².